The van der Waals surface area contributed by atoms with Crippen molar-refractivity contribution in [3.63, 3.8) is 0 Å². The van der Waals surface area contributed by atoms with Crippen molar-refractivity contribution in [1.29, 1.82) is 0 Å². The van der Waals surface area contributed by atoms with Crippen LogP contribution in [0.3, 0.4) is 0 Å². The first-order valence-electron chi connectivity index (χ1n) is 9.66. The van der Waals surface area contributed by atoms with Gasteiger partial charge >= 0.3 is 0 Å². The maximum absolute atomic E-state index is 12.2. The van der Waals surface area contributed by atoms with Crippen molar-refractivity contribution >= 4 is 17.7 Å². The molecule has 0 aliphatic rings. The summed E-state index contributed by atoms with van der Waals surface area (Å²) in [6.45, 7) is 5.63. The molecule has 0 unspecified atom stereocenters. The lowest BCUT2D eigenvalue weighted by Gasteiger charge is -2.11. The number of para-hydroxylation sites is 2. The minimum atomic E-state index is -0.190. The molecular weight excluding hydrogens is 338 g/mol. The van der Waals surface area contributed by atoms with E-state index in [4.69, 9.17) is 9.47 Å². The zero-order valence-electron chi connectivity index (χ0n) is 16.2. The second-order valence-electron chi connectivity index (χ2n) is 6.29. The summed E-state index contributed by atoms with van der Waals surface area (Å²) in [6.07, 6.45) is 7.52. The Morgan fingerprint density at radius 2 is 1.59 bits per heavy atom. The molecule has 0 aromatic heterocycles. The second kappa shape index (κ2) is 11.8. The maximum atomic E-state index is 12.2. The van der Waals surface area contributed by atoms with E-state index in [1.165, 1.54) is 6.08 Å². The Bertz CT molecular complexity index is 723. The molecule has 144 valence electrons. The van der Waals surface area contributed by atoms with Crippen LogP contribution in [0.2, 0.25) is 0 Å². The minimum absolute atomic E-state index is 0.190. The molecule has 0 fully saturated rings. The lowest BCUT2D eigenvalue weighted by molar-refractivity contribution is -0.111. The summed E-state index contributed by atoms with van der Waals surface area (Å²) < 4.78 is 11.4. The molecule has 4 heteroatoms. The van der Waals surface area contributed by atoms with Gasteiger partial charge in [-0.25, -0.2) is 0 Å². The monoisotopic (exact) mass is 367 g/mol. The molecule has 0 saturated heterocycles. The standard InChI is InChI=1S/C23H29NO3/c1-3-5-17-26-20-14-11-19(12-15-20)13-16-23(25)24-21-9-7-8-10-22(21)27-18-6-4-2/h7-16H,3-6,17-18H2,1-2H3,(H,24,25)/b16-13+. The van der Waals surface area contributed by atoms with Crippen molar-refractivity contribution in [2.75, 3.05) is 18.5 Å². The maximum Gasteiger partial charge on any atom is 0.248 e. The molecule has 0 spiro atoms. The van der Waals surface area contributed by atoms with Crippen molar-refractivity contribution in [3.8, 4) is 11.5 Å². The van der Waals surface area contributed by atoms with E-state index in [-0.39, 0.29) is 5.91 Å². The van der Waals surface area contributed by atoms with Crippen LogP contribution in [0.4, 0.5) is 5.69 Å². The van der Waals surface area contributed by atoms with Gasteiger partial charge in [-0.15, -0.1) is 0 Å². The molecular formula is C23H29NO3. The first-order chi connectivity index (χ1) is 13.2. The Morgan fingerprint density at radius 1 is 0.926 bits per heavy atom. The van der Waals surface area contributed by atoms with E-state index in [0.717, 1.165) is 43.6 Å². The normalized spacial score (nSPS) is 10.7. The highest BCUT2D eigenvalue weighted by atomic mass is 16.5. The summed E-state index contributed by atoms with van der Waals surface area (Å²) in [5.41, 5.74) is 1.63. The largest absolute Gasteiger partial charge is 0.494 e. The molecule has 1 amide bonds. The van der Waals surface area contributed by atoms with E-state index >= 15 is 0 Å². The van der Waals surface area contributed by atoms with Gasteiger partial charge in [0.2, 0.25) is 5.91 Å². The highest BCUT2D eigenvalue weighted by molar-refractivity contribution is 6.02. The van der Waals surface area contributed by atoms with Crippen LogP contribution in [0.25, 0.3) is 6.08 Å². The SMILES string of the molecule is CCCCOc1ccc(/C=C/C(=O)Nc2ccccc2OCCCC)cc1. The molecule has 0 aliphatic heterocycles. The molecule has 0 atom stereocenters. The fourth-order valence-corrected chi connectivity index (χ4v) is 2.38. The van der Waals surface area contributed by atoms with Crippen LogP contribution in [0.5, 0.6) is 11.5 Å². The summed E-state index contributed by atoms with van der Waals surface area (Å²) in [6, 6.07) is 15.2. The van der Waals surface area contributed by atoms with Gasteiger partial charge in [0.25, 0.3) is 0 Å². The Kier molecular flexibility index (Phi) is 8.98. The van der Waals surface area contributed by atoms with Gasteiger partial charge in [-0.05, 0) is 48.7 Å². The Hall–Kier alpha value is -2.75. The number of carbonyl (C=O) groups is 1. The van der Waals surface area contributed by atoms with E-state index in [0.29, 0.717) is 18.0 Å². The molecule has 0 heterocycles. The van der Waals surface area contributed by atoms with Gasteiger partial charge in [-0.2, -0.15) is 0 Å². The number of ether oxygens (including phenoxy) is 2. The van der Waals surface area contributed by atoms with Crippen LogP contribution in [-0.2, 0) is 4.79 Å². The van der Waals surface area contributed by atoms with E-state index in [1.807, 2.05) is 48.5 Å². The van der Waals surface area contributed by atoms with Gasteiger partial charge < -0.3 is 14.8 Å². The van der Waals surface area contributed by atoms with E-state index < -0.39 is 0 Å². The van der Waals surface area contributed by atoms with Gasteiger partial charge in [0.05, 0.1) is 18.9 Å². The number of carbonyl (C=O) groups excluding carboxylic acids is 1. The predicted octanol–water partition coefficient (Wildman–Crippen LogP) is 5.70. The van der Waals surface area contributed by atoms with Gasteiger partial charge in [-0.1, -0.05) is 51.0 Å². The summed E-state index contributed by atoms with van der Waals surface area (Å²) in [4.78, 5) is 12.2. The van der Waals surface area contributed by atoms with E-state index in [2.05, 4.69) is 19.2 Å². The fourth-order valence-electron chi connectivity index (χ4n) is 2.38. The molecule has 0 saturated carbocycles. The topological polar surface area (TPSA) is 47.6 Å². The van der Waals surface area contributed by atoms with Crippen molar-refractivity contribution in [1.82, 2.24) is 0 Å². The number of hydrogen-bond donors (Lipinski definition) is 1. The van der Waals surface area contributed by atoms with Gasteiger partial charge in [0, 0.05) is 6.08 Å². The number of unbranched alkanes of at least 4 members (excludes halogenated alkanes) is 2. The second-order valence-corrected chi connectivity index (χ2v) is 6.29. The third-order valence-corrected chi connectivity index (χ3v) is 3.97. The lowest BCUT2D eigenvalue weighted by Crippen LogP contribution is -2.09. The summed E-state index contributed by atoms with van der Waals surface area (Å²) >= 11 is 0. The van der Waals surface area contributed by atoms with Crippen molar-refractivity contribution in [3.05, 3.63) is 60.2 Å². The zero-order chi connectivity index (χ0) is 19.3. The number of nitrogens with one attached hydrogen (secondary N) is 1. The zero-order valence-corrected chi connectivity index (χ0v) is 16.2. The molecule has 4 nitrogen and oxygen atoms in total. The first-order valence-corrected chi connectivity index (χ1v) is 9.66. The number of amides is 1. The molecule has 0 radical (unpaired) electrons. The summed E-state index contributed by atoms with van der Waals surface area (Å²) in [5, 5.41) is 2.88. The molecule has 0 aliphatic carbocycles. The third-order valence-electron chi connectivity index (χ3n) is 3.97. The molecule has 27 heavy (non-hydrogen) atoms. The summed E-state index contributed by atoms with van der Waals surface area (Å²) in [7, 11) is 0. The smallest absolute Gasteiger partial charge is 0.248 e. The number of benzene rings is 2. The Labute approximate surface area is 162 Å². The van der Waals surface area contributed by atoms with E-state index in [9.17, 15) is 4.79 Å². The highest BCUT2D eigenvalue weighted by Crippen LogP contribution is 2.24. The predicted molar refractivity (Wildman–Crippen MR) is 111 cm³/mol. The summed E-state index contributed by atoms with van der Waals surface area (Å²) in [5.74, 6) is 1.36. The quantitative estimate of drug-likeness (QED) is 0.409. The van der Waals surface area contributed by atoms with Crippen molar-refractivity contribution in [2.45, 2.75) is 39.5 Å². The van der Waals surface area contributed by atoms with Crippen LogP contribution in [0.1, 0.15) is 45.1 Å². The first kappa shape index (κ1) is 20.6. The van der Waals surface area contributed by atoms with E-state index in [1.54, 1.807) is 6.08 Å². The van der Waals surface area contributed by atoms with Crippen LogP contribution in [-0.4, -0.2) is 19.1 Å². The van der Waals surface area contributed by atoms with Crippen LogP contribution in [0.15, 0.2) is 54.6 Å². The highest BCUT2D eigenvalue weighted by Gasteiger charge is 2.05. The molecule has 0 bridgehead atoms. The number of rotatable bonds is 11. The lowest BCUT2D eigenvalue weighted by atomic mass is 10.2. The van der Waals surface area contributed by atoms with Crippen molar-refractivity contribution < 1.29 is 14.3 Å². The Morgan fingerprint density at radius 3 is 2.30 bits per heavy atom. The van der Waals surface area contributed by atoms with Gasteiger partial charge in [0.1, 0.15) is 11.5 Å². The molecule has 2 rings (SSSR count). The number of anilines is 1. The van der Waals surface area contributed by atoms with Gasteiger partial charge in [0.15, 0.2) is 0 Å². The van der Waals surface area contributed by atoms with Crippen LogP contribution in [0, 0.1) is 0 Å². The van der Waals surface area contributed by atoms with Crippen LogP contribution < -0.4 is 14.8 Å². The minimum Gasteiger partial charge on any atom is -0.494 e. The average molecular weight is 367 g/mol. The third kappa shape index (κ3) is 7.57. The fraction of sp³-hybridized carbons (Fsp3) is 0.348. The number of hydrogen-bond acceptors (Lipinski definition) is 3. The van der Waals surface area contributed by atoms with Crippen molar-refractivity contribution in [2.24, 2.45) is 0 Å². The average Bonchev–Trinajstić information content (AvgIpc) is 2.69. The molecule has 2 aromatic rings. The molecule has 1 N–H and O–H groups in total. The Balaban J connectivity index is 1.90. The van der Waals surface area contributed by atoms with Gasteiger partial charge in [-0.3, -0.25) is 4.79 Å². The molecule has 2 aromatic carbocycles. The van der Waals surface area contributed by atoms with Crippen LogP contribution >= 0.6 is 0 Å².